The van der Waals surface area contributed by atoms with Crippen LogP contribution >= 0.6 is 15.9 Å². The fraction of sp³-hybridized carbons (Fsp3) is 0.200. The molecule has 0 spiro atoms. The Kier molecular flexibility index (Phi) is 2.91. The Morgan fingerprint density at radius 2 is 1.77 bits per heavy atom. The van der Waals surface area contributed by atoms with E-state index in [1.165, 1.54) is 0 Å². The molecule has 0 aliphatic rings. The van der Waals surface area contributed by atoms with Crippen LogP contribution in [0.4, 0.5) is 8.78 Å². The van der Waals surface area contributed by atoms with Crippen molar-refractivity contribution in [1.82, 2.24) is 9.97 Å². The number of sulfone groups is 1. The molecule has 1 aromatic heterocycles. The van der Waals surface area contributed by atoms with Crippen molar-refractivity contribution in [3.8, 4) is 0 Å². The Morgan fingerprint density at radius 1 is 1.31 bits per heavy atom. The molecule has 0 amide bonds. The molecule has 4 nitrogen and oxygen atoms in total. The van der Waals surface area contributed by atoms with Gasteiger partial charge < -0.3 is 0 Å². The lowest BCUT2D eigenvalue weighted by Crippen LogP contribution is -2.14. The Balaban J connectivity index is 3.17. The number of hydrogen-bond donors (Lipinski definition) is 0. The number of alkyl halides is 2. The van der Waals surface area contributed by atoms with Crippen LogP contribution in [0.15, 0.2) is 22.0 Å². The van der Waals surface area contributed by atoms with Gasteiger partial charge >= 0.3 is 5.76 Å². The summed E-state index contributed by atoms with van der Waals surface area (Å²) in [5.74, 6) is -3.49. The number of hydrogen-bond acceptors (Lipinski definition) is 4. The smallest absolute Gasteiger partial charge is 0.225 e. The topological polar surface area (TPSA) is 59.9 Å². The van der Waals surface area contributed by atoms with Gasteiger partial charge in [-0.2, -0.15) is 8.78 Å². The van der Waals surface area contributed by atoms with Crippen LogP contribution in [0, 0.1) is 0 Å². The lowest BCUT2D eigenvalue weighted by atomic mass is 10.7. The van der Waals surface area contributed by atoms with E-state index >= 15 is 0 Å². The first-order valence-corrected chi connectivity index (χ1v) is 5.28. The lowest BCUT2D eigenvalue weighted by molar-refractivity contribution is 0.233. The molecule has 8 heteroatoms. The SMILES string of the molecule is O=S(=O)(c1ncc(Br)cn1)C(F)F. The van der Waals surface area contributed by atoms with E-state index in [0.29, 0.717) is 4.47 Å². The van der Waals surface area contributed by atoms with Crippen LogP contribution in [0.5, 0.6) is 0 Å². The number of halogens is 3. The van der Waals surface area contributed by atoms with Gasteiger partial charge in [0.15, 0.2) is 0 Å². The summed E-state index contributed by atoms with van der Waals surface area (Å²) in [5, 5.41) is -0.870. The van der Waals surface area contributed by atoms with Crippen molar-refractivity contribution in [2.45, 2.75) is 10.9 Å². The Morgan fingerprint density at radius 3 is 2.15 bits per heavy atom. The predicted molar refractivity (Wildman–Crippen MR) is 42.9 cm³/mol. The highest BCUT2D eigenvalue weighted by atomic mass is 79.9. The lowest BCUT2D eigenvalue weighted by Gasteiger charge is -1.99. The fourth-order valence-electron chi connectivity index (χ4n) is 0.527. The van der Waals surface area contributed by atoms with E-state index in [1.54, 1.807) is 0 Å². The minimum Gasteiger partial charge on any atom is -0.225 e. The molecule has 0 N–H and O–H groups in total. The average molecular weight is 273 g/mol. The van der Waals surface area contributed by atoms with Gasteiger partial charge in [0.25, 0.3) is 15.0 Å². The summed E-state index contributed by atoms with van der Waals surface area (Å²) in [4.78, 5) is 6.49. The molecular formula is C5H3BrF2N2O2S. The van der Waals surface area contributed by atoms with Crippen molar-refractivity contribution in [3.63, 3.8) is 0 Å². The minimum absolute atomic E-state index is 0.417. The zero-order valence-electron chi connectivity index (χ0n) is 5.99. The highest BCUT2D eigenvalue weighted by Gasteiger charge is 2.29. The van der Waals surface area contributed by atoms with Gasteiger partial charge in [-0.25, -0.2) is 18.4 Å². The first-order valence-electron chi connectivity index (χ1n) is 2.94. The standard InChI is InChI=1S/C5H3BrF2N2O2S/c6-3-1-9-5(10-2-3)13(11,12)4(7)8/h1-2,4H. The molecule has 0 saturated heterocycles. The van der Waals surface area contributed by atoms with E-state index in [4.69, 9.17) is 0 Å². The molecule has 0 bridgehead atoms. The molecule has 1 rings (SSSR count). The summed E-state index contributed by atoms with van der Waals surface area (Å²) < 4.78 is 45.8. The van der Waals surface area contributed by atoms with Gasteiger partial charge in [-0.3, -0.25) is 0 Å². The molecule has 0 saturated carbocycles. The molecule has 72 valence electrons. The summed E-state index contributed by atoms with van der Waals surface area (Å²) in [6, 6.07) is 0. The maximum absolute atomic E-state index is 11.9. The second-order valence-electron chi connectivity index (χ2n) is 1.99. The van der Waals surface area contributed by atoms with E-state index in [0.717, 1.165) is 12.4 Å². The van der Waals surface area contributed by atoms with E-state index in [9.17, 15) is 17.2 Å². The van der Waals surface area contributed by atoms with Crippen LogP contribution in [0.25, 0.3) is 0 Å². The molecule has 0 atom stereocenters. The summed E-state index contributed by atoms with van der Waals surface area (Å²) in [6.07, 6.45) is 2.17. The highest BCUT2D eigenvalue weighted by molar-refractivity contribution is 9.10. The van der Waals surface area contributed by atoms with Gasteiger partial charge in [-0.15, -0.1) is 0 Å². The molecule has 0 aliphatic carbocycles. The maximum atomic E-state index is 11.9. The van der Waals surface area contributed by atoms with Gasteiger partial charge in [-0.1, -0.05) is 0 Å². The summed E-state index contributed by atoms with van der Waals surface area (Å²) in [5.41, 5.74) is 0. The van der Waals surface area contributed by atoms with Crippen molar-refractivity contribution in [3.05, 3.63) is 16.9 Å². The predicted octanol–water partition coefficient (Wildman–Crippen LogP) is 1.24. The number of nitrogens with zero attached hydrogens (tertiary/aromatic N) is 2. The van der Waals surface area contributed by atoms with Crippen molar-refractivity contribution in [2.24, 2.45) is 0 Å². The summed E-state index contributed by atoms with van der Waals surface area (Å²) >= 11 is 2.94. The average Bonchev–Trinajstić information content (AvgIpc) is 2.04. The molecule has 13 heavy (non-hydrogen) atoms. The molecule has 0 aromatic carbocycles. The van der Waals surface area contributed by atoms with Gasteiger partial charge in [0, 0.05) is 12.4 Å². The van der Waals surface area contributed by atoms with E-state index < -0.39 is 20.8 Å². The Bertz CT molecular complexity index is 392. The second-order valence-corrected chi connectivity index (χ2v) is 4.72. The van der Waals surface area contributed by atoms with Crippen LogP contribution < -0.4 is 0 Å². The highest BCUT2D eigenvalue weighted by Crippen LogP contribution is 2.14. The van der Waals surface area contributed by atoms with Gasteiger partial charge in [0.1, 0.15) is 0 Å². The van der Waals surface area contributed by atoms with Crippen LogP contribution in [0.1, 0.15) is 0 Å². The quantitative estimate of drug-likeness (QED) is 0.760. The number of aromatic nitrogens is 2. The number of rotatable bonds is 2. The van der Waals surface area contributed by atoms with Crippen LogP contribution in [0.2, 0.25) is 0 Å². The minimum atomic E-state index is -4.67. The third-order valence-electron chi connectivity index (χ3n) is 1.09. The van der Waals surface area contributed by atoms with Crippen molar-refractivity contribution >= 4 is 25.8 Å². The van der Waals surface area contributed by atoms with Gasteiger partial charge in [-0.05, 0) is 15.9 Å². The zero-order valence-corrected chi connectivity index (χ0v) is 8.39. The monoisotopic (exact) mass is 272 g/mol. The first kappa shape index (κ1) is 10.5. The molecule has 1 aromatic rings. The molecule has 0 aliphatic heterocycles. The van der Waals surface area contributed by atoms with E-state index in [2.05, 4.69) is 25.9 Å². The second kappa shape index (κ2) is 3.62. The summed E-state index contributed by atoms with van der Waals surface area (Å²) in [6.45, 7) is 0. The van der Waals surface area contributed by atoms with Crippen LogP contribution in [-0.4, -0.2) is 24.1 Å². The van der Waals surface area contributed by atoms with Crippen LogP contribution in [0.3, 0.4) is 0 Å². The van der Waals surface area contributed by atoms with Crippen molar-refractivity contribution in [1.29, 1.82) is 0 Å². The first-order chi connectivity index (χ1) is 5.94. The van der Waals surface area contributed by atoms with Crippen molar-refractivity contribution < 1.29 is 17.2 Å². The summed E-state index contributed by atoms with van der Waals surface area (Å²) in [7, 11) is -4.67. The molecular weight excluding hydrogens is 270 g/mol. The normalized spacial score (nSPS) is 12.0. The molecule has 1 heterocycles. The third kappa shape index (κ3) is 2.19. The molecule has 0 fully saturated rings. The third-order valence-corrected chi connectivity index (χ3v) is 2.68. The van der Waals surface area contributed by atoms with Crippen LogP contribution in [-0.2, 0) is 9.84 Å². The van der Waals surface area contributed by atoms with E-state index in [1.807, 2.05) is 0 Å². The zero-order chi connectivity index (χ0) is 10.1. The van der Waals surface area contributed by atoms with Gasteiger partial charge in [0.05, 0.1) is 4.47 Å². The maximum Gasteiger partial charge on any atom is 0.344 e. The van der Waals surface area contributed by atoms with Crippen molar-refractivity contribution in [2.75, 3.05) is 0 Å². The molecule has 0 radical (unpaired) electrons. The van der Waals surface area contributed by atoms with E-state index in [-0.39, 0.29) is 0 Å². The Labute approximate surface area is 81.1 Å². The van der Waals surface area contributed by atoms with Gasteiger partial charge in [0.2, 0.25) is 0 Å². The molecule has 0 unspecified atom stereocenters. The Hall–Kier alpha value is -0.630. The fourth-order valence-corrected chi connectivity index (χ4v) is 1.29. The largest absolute Gasteiger partial charge is 0.344 e.